The van der Waals surface area contributed by atoms with E-state index in [0.29, 0.717) is 12.8 Å². The van der Waals surface area contributed by atoms with E-state index in [9.17, 15) is 24.2 Å². The number of ether oxygens (including phenoxy) is 2. The van der Waals surface area contributed by atoms with Crippen molar-refractivity contribution in [1.29, 1.82) is 0 Å². The molecule has 0 radical (unpaired) electrons. The fourth-order valence-electron chi connectivity index (χ4n) is 5.25. The molecule has 57 heavy (non-hydrogen) atoms. The average Bonchev–Trinajstić information content (AvgIpc) is 3.20. The zero-order valence-electron chi connectivity index (χ0n) is 35.3. The van der Waals surface area contributed by atoms with Gasteiger partial charge < -0.3 is 24.6 Å². The molecule has 0 saturated carbocycles. The number of hydrogen-bond donors (Lipinski definition) is 3. The number of phosphoric acid groups is 1. The molecule has 0 amide bonds. The van der Waals surface area contributed by atoms with Crippen LogP contribution in [0.15, 0.2) is 85.1 Å². The molecule has 11 heteroatoms. The summed E-state index contributed by atoms with van der Waals surface area (Å²) in [5.74, 6) is -1.04. The van der Waals surface area contributed by atoms with Crippen LogP contribution in [0.1, 0.15) is 155 Å². The van der Waals surface area contributed by atoms with Crippen molar-refractivity contribution in [3.05, 3.63) is 85.1 Å². The molecule has 0 fully saturated rings. The van der Waals surface area contributed by atoms with Crippen LogP contribution >= 0.6 is 7.82 Å². The third-order valence-corrected chi connectivity index (χ3v) is 9.50. The first-order chi connectivity index (χ1) is 27.7. The third-order valence-electron chi connectivity index (χ3n) is 8.55. The van der Waals surface area contributed by atoms with Crippen molar-refractivity contribution in [2.24, 2.45) is 0 Å². The SMILES string of the molecule is CC/C=C\C/C=C\C/C=C\C/C=C\C/C=C\C/C=C\CCC(=O)OC[C@H](COP(=O)(O)OC[C@@H](O)CO)OC(=O)CCCCCCC/C=C\CCCCCCCC. The molecule has 0 aromatic carbocycles. The number of aliphatic hydroxyl groups is 2. The molecule has 0 bridgehead atoms. The molecule has 10 nitrogen and oxygen atoms in total. The van der Waals surface area contributed by atoms with Gasteiger partial charge in [0.05, 0.1) is 19.8 Å². The number of phosphoric ester groups is 1. The number of carbonyl (C=O) groups is 2. The summed E-state index contributed by atoms with van der Waals surface area (Å²) in [5.41, 5.74) is 0. The predicted octanol–water partition coefficient (Wildman–Crippen LogP) is 11.4. The number of unbranched alkanes of at least 4 members (excludes halogenated alkanes) is 11. The lowest BCUT2D eigenvalue weighted by molar-refractivity contribution is -0.161. The Kier molecular flexibility index (Phi) is 39.2. The van der Waals surface area contributed by atoms with Crippen molar-refractivity contribution >= 4 is 19.8 Å². The van der Waals surface area contributed by atoms with E-state index in [2.05, 4.69) is 91.3 Å². The fourth-order valence-corrected chi connectivity index (χ4v) is 6.04. The van der Waals surface area contributed by atoms with E-state index >= 15 is 0 Å². The molecule has 0 spiro atoms. The van der Waals surface area contributed by atoms with Crippen LogP contribution in [-0.4, -0.2) is 65.7 Å². The number of allylic oxidation sites excluding steroid dienone is 14. The van der Waals surface area contributed by atoms with Gasteiger partial charge in [-0.2, -0.15) is 0 Å². The summed E-state index contributed by atoms with van der Waals surface area (Å²) in [6.07, 6.45) is 48.5. The van der Waals surface area contributed by atoms with Gasteiger partial charge in [-0.05, 0) is 77.0 Å². The van der Waals surface area contributed by atoms with Gasteiger partial charge >= 0.3 is 19.8 Å². The molecule has 0 heterocycles. The van der Waals surface area contributed by atoms with Gasteiger partial charge in [-0.15, -0.1) is 0 Å². The van der Waals surface area contributed by atoms with E-state index < -0.39 is 51.8 Å². The fraction of sp³-hybridized carbons (Fsp3) is 0.652. The van der Waals surface area contributed by atoms with Gasteiger partial charge in [-0.3, -0.25) is 18.6 Å². The smallest absolute Gasteiger partial charge is 0.462 e. The molecule has 0 aliphatic rings. The van der Waals surface area contributed by atoms with E-state index in [-0.39, 0.29) is 19.4 Å². The maximum Gasteiger partial charge on any atom is 0.472 e. The maximum absolute atomic E-state index is 12.6. The lowest BCUT2D eigenvalue weighted by Gasteiger charge is -2.20. The van der Waals surface area contributed by atoms with Crippen molar-refractivity contribution in [3.8, 4) is 0 Å². The van der Waals surface area contributed by atoms with Gasteiger partial charge in [0.2, 0.25) is 0 Å². The first-order valence-electron chi connectivity index (χ1n) is 21.5. The Morgan fingerprint density at radius 1 is 0.544 bits per heavy atom. The zero-order valence-corrected chi connectivity index (χ0v) is 36.2. The monoisotopic (exact) mass is 821 g/mol. The Morgan fingerprint density at radius 3 is 1.53 bits per heavy atom. The van der Waals surface area contributed by atoms with Gasteiger partial charge in [0.25, 0.3) is 0 Å². The maximum atomic E-state index is 12.6. The van der Waals surface area contributed by atoms with Gasteiger partial charge in [-0.1, -0.05) is 150 Å². The second kappa shape index (κ2) is 41.3. The van der Waals surface area contributed by atoms with Crippen LogP contribution in [0.4, 0.5) is 0 Å². The van der Waals surface area contributed by atoms with Crippen LogP contribution in [0.5, 0.6) is 0 Å². The van der Waals surface area contributed by atoms with Crippen LogP contribution in [0, 0.1) is 0 Å². The third kappa shape index (κ3) is 41.1. The van der Waals surface area contributed by atoms with E-state index in [1.807, 2.05) is 12.2 Å². The second-order valence-electron chi connectivity index (χ2n) is 14.0. The van der Waals surface area contributed by atoms with E-state index in [0.717, 1.165) is 77.0 Å². The summed E-state index contributed by atoms with van der Waals surface area (Å²) in [6.45, 7) is 2.15. The Bertz CT molecular complexity index is 1220. The average molecular weight is 821 g/mol. The molecular weight excluding hydrogens is 743 g/mol. The normalized spacial score (nSPS) is 14.7. The van der Waals surface area contributed by atoms with Crippen molar-refractivity contribution in [1.82, 2.24) is 0 Å². The largest absolute Gasteiger partial charge is 0.472 e. The van der Waals surface area contributed by atoms with Gasteiger partial charge in [0, 0.05) is 12.8 Å². The Hall–Kier alpha value is -2.85. The standard InChI is InChI=1S/C46H77O10P/c1-3-5-7-9-11-13-15-17-19-20-21-22-24-25-27-29-31-33-35-37-45(49)53-41-44(42-55-57(51,52)54-40-43(48)39-47)56-46(50)38-36-34-32-30-28-26-23-18-16-14-12-10-8-6-4-2/h5,7,11,13,17-19,21-23,25,27,31,33,43-44,47-48H,3-4,6,8-10,12,14-16,20,24,26,28-30,32,34-42H2,1-2H3,(H,51,52)/b7-5-,13-11-,19-17-,22-21-,23-18-,27-25-,33-31-/t43-,44+/m0/s1. The molecule has 3 atom stereocenters. The number of aliphatic hydroxyl groups excluding tert-OH is 2. The number of rotatable bonds is 39. The number of carbonyl (C=O) groups excluding carboxylic acids is 2. The highest BCUT2D eigenvalue weighted by atomic mass is 31.2. The van der Waals surface area contributed by atoms with Crippen molar-refractivity contribution in [2.75, 3.05) is 26.4 Å². The summed E-state index contributed by atoms with van der Waals surface area (Å²) in [6, 6.07) is 0. The van der Waals surface area contributed by atoms with Gasteiger partial charge in [0.15, 0.2) is 6.10 Å². The summed E-state index contributed by atoms with van der Waals surface area (Å²) in [4.78, 5) is 34.9. The number of hydrogen-bond acceptors (Lipinski definition) is 9. The highest BCUT2D eigenvalue weighted by Crippen LogP contribution is 2.43. The molecule has 1 unspecified atom stereocenters. The van der Waals surface area contributed by atoms with Crippen molar-refractivity contribution in [2.45, 2.75) is 167 Å². The molecule has 0 saturated heterocycles. The molecule has 0 aromatic heterocycles. The first kappa shape index (κ1) is 54.2. The van der Waals surface area contributed by atoms with Crippen LogP contribution in [0.25, 0.3) is 0 Å². The molecule has 326 valence electrons. The molecule has 0 aliphatic heterocycles. The minimum Gasteiger partial charge on any atom is -0.462 e. The Morgan fingerprint density at radius 2 is 1.00 bits per heavy atom. The highest BCUT2D eigenvalue weighted by Gasteiger charge is 2.27. The summed E-state index contributed by atoms with van der Waals surface area (Å²) in [7, 11) is -4.64. The highest BCUT2D eigenvalue weighted by molar-refractivity contribution is 7.47. The van der Waals surface area contributed by atoms with Crippen molar-refractivity contribution in [3.63, 3.8) is 0 Å². The van der Waals surface area contributed by atoms with Gasteiger partial charge in [-0.25, -0.2) is 4.57 Å². The lowest BCUT2D eigenvalue weighted by Crippen LogP contribution is -2.29. The molecular formula is C46H77O10P. The predicted molar refractivity (Wildman–Crippen MR) is 233 cm³/mol. The zero-order chi connectivity index (χ0) is 41.9. The Balaban J connectivity index is 4.45. The summed E-state index contributed by atoms with van der Waals surface area (Å²) >= 11 is 0. The lowest BCUT2D eigenvalue weighted by atomic mass is 10.1. The summed E-state index contributed by atoms with van der Waals surface area (Å²) in [5, 5.41) is 18.3. The molecule has 0 rings (SSSR count). The van der Waals surface area contributed by atoms with Crippen LogP contribution < -0.4 is 0 Å². The molecule has 3 N–H and O–H groups in total. The molecule has 0 aromatic rings. The molecule has 0 aliphatic carbocycles. The van der Waals surface area contributed by atoms with Gasteiger partial charge in [0.1, 0.15) is 12.7 Å². The van der Waals surface area contributed by atoms with Crippen LogP contribution in [0.3, 0.4) is 0 Å². The van der Waals surface area contributed by atoms with Crippen LogP contribution in [0.2, 0.25) is 0 Å². The Labute approximate surface area is 345 Å². The second-order valence-corrected chi connectivity index (χ2v) is 15.4. The topological polar surface area (TPSA) is 149 Å². The summed E-state index contributed by atoms with van der Waals surface area (Å²) < 4.78 is 32.6. The van der Waals surface area contributed by atoms with Crippen molar-refractivity contribution < 1.29 is 47.8 Å². The van der Waals surface area contributed by atoms with E-state index in [1.54, 1.807) is 0 Å². The van der Waals surface area contributed by atoms with Crippen LogP contribution in [-0.2, 0) is 32.7 Å². The minimum absolute atomic E-state index is 0.110. The van der Waals surface area contributed by atoms with E-state index in [4.69, 9.17) is 19.1 Å². The minimum atomic E-state index is -4.64. The number of esters is 2. The quantitative estimate of drug-likeness (QED) is 0.0237. The van der Waals surface area contributed by atoms with E-state index in [1.165, 1.54) is 38.5 Å². The first-order valence-corrected chi connectivity index (χ1v) is 23.0.